The van der Waals surface area contributed by atoms with Crippen LogP contribution in [0.2, 0.25) is 0 Å². The van der Waals surface area contributed by atoms with E-state index < -0.39 is 11.9 Å². The van der Waals surface area contributed by atoms with Crippen LogP contribution in [0.15, 0.2) is 67.1 Å². The largest absolute Gasteiger partial charge is 0.436 e. The molecule has 0 amide bonds. The van der Waals surface area contributed by atoms with Crippen LogP contribution in [-0.4, -0.2) is 44.6 Å². The second-order valence-corrected chi connectivity index (χ2v) is 11.3. The number of Topliss-reactive ketones (excluding diaryl/α,β-unsaturated/α-hetero) is 1. The number of ketones is 1. The zero-order valence-electron chi connectivity index (χ0n) is 24.2. The van der Waals surface area contributed by atoms with Gasteiger partial charge in [0.1, 0.15) is 5.82 Å². The number of nitrogens with two attached hydrogens (primary N) is 1. The van der Waals surface area contributed by atoms with Crippen molar-refractivity contribution in [2.75, 3.05) is 24.1 Å². The van der Waals surface area contributed by atoms with Gasteiger partial charge in [0.05, 0.1) is 29.7 Å². The highest BCUT2D eigenvalue weighted by Gasteiger charge is 2.32. The Bertz CT molecular complexity index is 1690. The minimum absolute atomic E-state index is 0.0872. The molecule has 0 bridgehead atoms. The number of rotatable bonds is 7. The van der Waals surface area contributed by atoms with E-state index in [1.165, 1.54) is 34.1 Å². The fourth-order valence-corrected chi connectivity index (χ4v) is 6.08. The van der Waals surface area contributed by atoms with E-state index in [9.17, 15) is 9.18 Å². The first-order valence-corrected chi connectivity index (χ1v) is 14.3. The summed E-state index contributed by atoms with van der Waals surface area (Å²) in [6.45, 7) is 12.2. The Balaban J connectivity index is 1.17. The molecule has 2 aliphatic heterocycles. The average Bonchev–Trinajstić information content (AvgIpc) is 3.56. The Morgan fingerprint density at radius 2 is 1.88 bits per heavy atom. The van der Waals surface area contributed by atoms with Gasteiger partial charge in [-0.3, -0.25) is 4.79 Å². The number of carbonyl (C=O) groups excluding carboxylic acids is 1. The van der Waals surface area contributed by atoms with Gasteiger partial charge in [-0.05, 0) is 80.0 Å². The zero-order valence-corrected chi connectivity index (χ0v) is 24.2. The van der Waals surface area contributed by atoms with Crippen LogP contribution in [0.25, 0.3) is 5.69 Å². The number of hydrogen-bond acceptors (Lipinski definition) is 7. The summed E-state index contributed by atoms with van der Waals surface area (Å²) in [4.78, 5) is 20.3. The van der Waals surface area contributed by atoms with E-state index in [0.717, 1.165) is 48.4 Å². The molecule has 2 aromatic heterocycles. The lowest BCUT2D eigenvalue weighted by molar-refractivity contribution is 0.0972. The summed E-state index contributed by atoms with van der Waals surface area (Å²) >= 11 is 0. The molecule has 4 heterocycles. The number of anilines is 2. The molecular weight excluding hydrogens is 531 g/mol. The van der Waals surface area contributed by atoms with E-state index in [-0.39, 0.29) is 23.2 Å². The van der Waals surface area contributed by atoms with Crippen LogP contribution in [0.4, 0.5) is 15.9 Å². The molecule has 3 N–H and O–H groups in total. The normalized spacial score (nSPS) is 16.7. The first kappa shape index (κ1) is 27.5. The molecule has 0 saturated carbocycles. The molecule has 1 atom stereocenters. The fourth-order valence-electron chi connectivity index (χ4n) is 6.08. The molecule has 0 spiro atoms. The summed E-state index contributed by atoms with van der Waals surface area (Å²) in [7, 11) is 0. The number of halogens is 1. The van der Waals surface area contributed by atoms with Crippen LogP contribution in [0.5, 0.6) is 11.6 Å². The lowest BCUT2D eigenvalue weighted by atomic mass is 9.85. The van der Waals surface area contributed by atoms with Crippen molar-refractivity contribution in [3.63, 3.8) is 0 Å². The minimum atomic E-state index is -0.474. The van der Waals surface area contributed by atoms with Gasteiger partial charge >= 0.3 is 0 Å². The fraction of sp³-hybridized carbons (Fsp3) is 0.303. The number of likely N-dealkylation sites (tertiary alicyclic amines) is 1. The number of nitrogens with one attached hydrogen (secondary N) is 1. The van der Waals surface area contributed by atoms with Gasteiger partial charge in [0, 0.05) is 37.0 Å². The Kier molecular flexibility index (Phi) is 7.18. The molecule has 8 nitrogen and oxygen atoms in total. The van der Waals surface area contributed by atoms with Crippen LogP contribution in [0.1, 0.15) is 58.3 Å². The Morgan fingerprint density at radius 1 is 1.12 bits per heavy atom. The van der Waals surface area contributed by atoms with E-state index in [1.54, 1.807) is 24.4 Å². The second-order valence-electron chi connectivity index (χ2n) is 11.3. The predicted octanol–water partition coefficient (Wildman–Crippen LogP) is 6.33. The number of fused-ring (bicyclic) bond motifs is 1. The lowest BCUT2D eigenvalue weighted by Gasteiger charge is -2.34. The molecule has 4 aromatic rings. The van der Waals surface area contributed by atoms with Gasteiger partial charge in [-0.2, -0.15) is 5.10 Å². The van der Waals surface area contributed by atoms with Gasteiger partial charge in [-0.1, -0.05) is 24.8 Å². The number of hydrogen-bond donors (Lipinski definition) is 2. The summed E-state index contributed by atoms with van der Waals surface area (Å²) in [5.41, 5.74) is 14.1. The summed E-state index contributed by atoms with van der Waals surface area (Å²) in [5, 5.41) is 7.88. The number of carbonyl (C=O) groups is 1. The Hall–Kier alpha value is -4.66. The minimum Gasteiger partial charge on any atom is -0.436 e. The number of piperidine rings is 1. The number of ether oxygens (including phenoxy) is 1. The molecule has 0 aliphatic carbocycles. The van der Waals surface area contributed by atoms with Crippen molar-refractivity contribution in [3.8, 4) is 17.3 Å². The van der Waals surface area contributed by atoms with Gasteiger partial charge < -0.3 is 20.7 Å². The monoisotopic (exact) mass is 566 g/mol. The molecule has 42 heavy (non-hydrogen) atoms. The standard InChI is InChI=1S/C33H35FN6O2/c1-19(2)39-11-9-22(10-12-39)24-16-27-23(13-20(24)3)15-28(38-27)32(41)25-17-37-40(33(25)35)29-18-36-31(14-21(29)4)42-30-8-6-5-7-26(30)34/h5-8,13-14,16-18,22,28,38H,1,9-12,15,35H2,2-4H3. The van der Waals surface area contributed by atoms with E-state index in [4.69, 9.17) is 10.5 Å². The van der Waals surface area contributed by atoms with Crippen molar-refractivity contribution < 1.29 is 13.9 Å². The number of aryl methyl sites for hydroxylation is 2. The van der Waals surface area contributed by atoms with Crippen LogP contribution in [0, 0.1) is 19.7 Å². The highest BCUT2D eigenvalue weighted by molar-refractivity contribution is 6.06. The number of pyridine rings is 1. The smallest absolute Gasteiger partial charge is 0.219 e. The van der Waals surface area contributed by atoms with Crippen LogP contribution >= 0.6 is 0 Å². The number of benzene rings is 2. The van der Waals surface area contributed by atoms with E-state index in [1.807, 2.05) is 6.92 Å². The van der Waals surface area contributed by atoms with E-state index in [2.05, 4.69) is 52.9 Å². The van der Waals surface area contributed by atoms with Crippen molar-refractivity contribution in [2.24, 2.45) is 0 Å². The number of aromatic nitrogens is 3. The third kappa shape index (κ3) is 5.11. The van der Waals surface area contributed by atoms with Gasteiger partial charge in [0.25, 0.3) is 0 Å². The average molecular weight is 567 g/mol. The molecule has 2 aromatic carbocycles. The Morgan fingerprint density at radius 3 is 2.60 bits per heavy atom. The molecule has 1 fully saturated rings. The highest BCUT2D eigenvalue weighted by atomic mass is 19.1. The number of allylic oxidation sites excluding steroid dienone is 1. The van der Waals surface area contributed by atoms with Gasteiger partial charge in [0.2, 0.25) is 5.88 Å². The highest BCUT2D eigenvalue weighted by Crippen LogP contribution is 2.37. The van der Waals surface area contributed by atoms with Crippen LogP contribution in [0.3, 0.4) is 0 Å². The second kappa shape index (κ2) is 11.0. The molecule has 0 radical (unpaired) electrons. The zero-order chi connectivity index (χ0) is 29.5. The maximum Gasteiger partial charge on any atom is 0.219 e. The third-order valence-electron chi connectivity index (χ3n) is 8.45. The Labute approximate surface area is 245 Å². The van der Waals surface area contributed by atoms with Crippen molar-refractivity contribution in [3.05, 3.63) is 101 Å². The third-order valence-corrected chi connectivity index (χ3v) is 8.45. The first-order chi connectivity index (χ1) is 20.2. The quantitative estimate of drug-likeness (QED) is 0.252. The summed E-state index contributed by atoms with van der Waals surface area (Å²) in [6.07, 6.45) is 5.84. The lowest BCUT2D eigenvalue weighted by Crippen LogP contribution is -2.31. The van der Waals surface area contributed by atoms with Crippen molar-refractivity contribution in [1.29, 1.82) is 0 Å². The van der Waals surface area contributed by atoms with E-state index >= 15 is 0 Å². The number of para-hydroxylation sites is 1. The molecular formula is C33H35FN6O2. The van der Waals surface area contributed by atoms with Gasteiger partial charge in [-0.15, -0.1) is 0 Å². The topological polar surface area (TPSA) is 98.3 Å². The molecule has 9 heteroatoms. The summed E-state index contributed by atoms with van der Waals surface area (Å²) in [5.74, 6) is 0.493. The van der Waals surface area contributed by atoms with Gasteiger partial charge in [0.15, 0.2) is 17.3 Å². The molecule has 1 unspecified atom stereocenters. The molecule has 6 rings (SSSR count). The van der Waals surface area contributed by atoms with Crippen LogP contribution < -0.4 is 15.8 Å². The van der Waals surface area contributed by atoms with Crippen molar-refractivity contribution in [1.82, 2.24) is 19.7 Å². The van der Waals surface area contributed by atoms with Gasteiger partial charge in [-0.25, -0.2) is 14.1 Å². The predicted molar refractivity (Wildman–Crippen MR) is 162 cm³/mol. The SMILES string of the molecule is C=C(C)N1CCC(c2cc3c(cc2C)CC(C(=O)c2cnn(-c4cnc(Oc5ccccc5F)cc4C)c2N)N3)CC1. The summed E-state index contributed by atoms with van der Waals surface area (Å²) in [6, 6.07) is 11.9. The van der Waals surface area contributed by atoms with Crippen LogP contribution in [-0.2, 0) is 6.42 Å². The number of nitrogens with zero attached hydrogens (tertiary/aromatic N) is 4. The maximum atomic E-state index is 14.0. The first-order valence-electron chi connectivity index (χ1n) is 14.3. The van der Waals surface area contributed by atoms with E-state index in [0.29, 0.717) is 23.6 Å². The molecule has 216 valence electrons. The van der Waals surface area contributed by atoms with Crippen molar-refractivity contribution in [2.45, 2.75) is 52.0 Å². The number of nitrogen functional groups attached to an aromatic ring is 1. The van der Waals surface area contributed by atoms with Crippen molar-refractivity contribution >= 4 is 17.3 Å². The molecule has 1 saturated heterocycles. The molecule has 2 aliphatic rings. The maximum absolute atomic E-state index is 14.0. The summed E-state index contributed by atoms with van der Waals surface area (Å²) < 4.78 is 21.1.